The molecule has 0 spiro atoms. The lowest BCUT2D eigenvalue weighted by molar-refractivity contribution is -0.122. The molecule has 2 rings (SSSR count). The molecule has 5 nitrogen and oxygen atoms in total. The van der Waals surface area contributed by atoms with E-state index in [0.29, 0.717) is 6.54 Å². The first-order chi connectivity index (χ1) is 8.74. The lowest BCUT2D eigenvalue weighted by Crippen LogP contribution is -2.47. The van der Waals surface area contributed by atoms with Crippen LogP contribution in [-0.4, -0.2) is 61.7 Å². The van der Waals surface area contributed by atoms with Crippen LogP contribution < -0.4 is 5.43 Å². The van der Waals surface area contributed by atoms with Gasteiger partial charge in [-0.2, -0.15) is 16.4 Å². The van der Waals surface area contributed by atoms with Gasteiger partial charge < -0.3 is 4.90 Å². The number of hydrogen-bond donors (Lipinski definition) is 1. The van der Waals surface area contributed by atoms with Gasteiger partial charge >= 0.3 is 0 Å². The van der Waals surface area contributed by atoms with Crippen molar-refractivity contribution in [3.05, 3.63) is 22.4 Å². The maximum absolute atomic E-state index is 11.6. The van der Waals surface area contributed by atoms with Gasteiger partial charge in [-0.05, 0) is 23.9 Å². The van der Waals surface area contributed by atoms with Crippen molar-refractivity contribution in [3.63, 3.8) is 0 Å². The van der Waals surface area contributed by atoms with Crippen LogP contribution in [0, 0.1) is 0 Å². The van der Waals surface area contributed by atoms with E-state index < -0.39 is 0 Å². The topological polar surface area (TPSA) is 47.9 Å². The van der Waals surface area contributed by atoms with Crippen LogP contribution in [0.5, 0.6) is 0 Å². The number of hydrogen-bond acceptors (Lipinski definition) is 5. The van der Waals surface area contributed by atoms with Gasteiger partial charge in [0.1, 0.15) is 0 Å². The number of piperazine rings is 1. The monoisotopic (exact) mass is 266 g/mol. The Labute approximate surface area is 111 Å². The smallest absolute Gasteiger partial charge is 0.254 e. The lowest BCUT2D eigenvalue weighted by atomic mass is 10.3. The summed E-state index contributed by atoms with van der Waals surface area (Å²) in [6.45, 7) is 4.35. The van der Waals surface area contributed by atoms with Crippen molar-refractivity contribution >= 4 is 23.5 Å². The van der Waals surface area contributed by atoms with Gasteiger partial charge in [0.2, 0.25) is 0 Å². The summed E-state index contributed by atoms with van der Waals surface area (Å²) in [7, 11) is 2.10. The van der Waals surface area contributed by atoms with E-state index in [2.05, 4.69) is 27.4 Å². The standard InChI is InChI=1S/C12H18N4OS/c1-15-3-5-16(6-4-15)9-12(17)14-13-8-11-2-7-18-10-11/h2,7-8,10H,3-6,9H2,1H3,(H,14,17)/b13-8-. The highest BCUT2D eigenvalue weighted by molar-refractivity contribution is 7.08. The molecular formula is C12H18N4OS. The number of nitrogens with zero attached hydrogens (tertiary/aromatic N) is 3. The molecule has 6 heteroatoms. The zero-order valence-corrected chi connectivity index (χ0v) is 11.3. The Balaban J connectivity index is 1.69. The molecule has 1 aromatic heterocycles. The third-order valence-electron chi connectivity index (χ3n) is 2.91. The number of amides is 1. The van der Waals surface area contributed by atoms with Crippen molar-refractivity contribution in [2.24, 2.45) is 5.10 Å². The van der Waals surface area contributed by atoms with Gasteiger partial charge in [-0.25, -0.2) is 5.43 Å². The van der Waals surface area contributed by atoms with E-state index in [-0.39, 0.29) is 5.91 Å². The number of likely N-dealkylation sites (N-methyl/N-ethyl adjacent to an activating group) is 1. The fourth-order valence-electron chi connectivity index (χ4n) is 1.77. The summed E-state index contributed by atoms with van der Waals surface area (Å²) >= 11 is 1.61. The van der Waals surface area contributed by atoms with Crippen molar-refractivity contribution in [1.29, 1.82) is 0 Å². The summed E-state index contributed by atoms with van der Waals surface area (Å²) in [6.07, 6.45) is 1.67. The highest BCUT2D eigenvalue weighted by Gasteiger charge is 2.15. The van der Waals surface area contributed by atoms with Crippen LogP contribution >= 0.6 is 11.3 Å². The number of rotatable bonds is 4. The molecule has 0 bridgehead atoms. The maximum atomic E-state index is 11.6. The lowest BCUT2D eigenvalue weighted by Gasteiger charge is -2.31. The van der Waals surface area contributed by atoms with Crippen LogP contribution in [0.1, 0.15) is 5.56 Å². The summed E-state index contributed by atoms with van der Waals surface area (Å²) in [5.41, 5.74) is 3.57. The van der Waals surface area contributed by atoms with Crippen LogP contribution in [0.3, 0.4) is 0 Å². The number of thiophene rings is 1. The molecule has 1 N–H and O–H groups in total. The van der Waals surface area contributed by atoms with Gasteiger partial charge in [-0.15, -0.1) is 0 Å². The number of nitrogens with one attached hydrogen (secondary N) is 1. The fraction of sp³-hybridized carbons (Fsp3) is 0.500. The highest BCUT2D eigenvalue weighted by atomic mass is 32.1. The van der Waals surface area contributed by atoms with Crippen molar-refractivity contribution in [1.82, 2.24) is 15.2 Å². The van der Waals surface area contributed by atoms with Crippen LogP contribution in [0.4, 0.5) is 0 Å². The van der Waals surface area contributed by atoms with Crippen LogP contribution in [-0.2, 0) is 4.79 Å². The van der Waals surface area contributed by atoms with E-state index in [1.807, 2.05) is 16.8 Å². The second kappa shape index (κ2) is 6.63. The Morgan fingerprint density at radius 3 is 2.94 bits per heavy atom. The molecule has 18 heavy (non-hydrogen) atoms. The molecule has 0 radical (unpaired) electrons. The molecular weight excluding hydrogens is 248 g/mol. The Morgan fingerprint density at radius 2 is 2.28 bits per heavy atom. The van der Waals surface area contributed by atoms with Gasteiger partial charge in [-0.1, -0.05) is 0 Å². The zero-order chi connectivity index (χ0) is 12.8. The predicted molar refractivity (Wildman–Crippen MR) is 74.0 cm³/mol. The van der Waals surface area contributed by atoms with Crippen LogP contribution in [0.2, 0.25) is 0 Å². The average Bonchev–Trinajstić information content (AvgIpc) is 2.85. The molecule has 1 aromatic rings. The Morgan fingerprint density at radius 1 is 1.50 bits per heavy atom. The molecule has 1 aliphatic rings. The molecule has 2 heterocycles. The average molecular weight is 266 g/mol. The van der Waals surface area contributed by atoms with E-state index in [1.54, 1.807) is 17.6 Å². The molecule has 0 aliphatic carbocycles. The maximum Gasteiger partial charge on any atom is 0.254 e. The SMILES string of the molecule is CN1CCN(CC(=O)N/N=C\c2ccsc2)CC1. The van der Waals surface area contributed by atoms with E-state index >= 15 is 0 Å². The number of carbonyl (C=O) groups is 1. The molecule has 98 valence electrons. The van der Waals surface area contributed by atoms with Crippen molar-refractivity contribution in [2.45, 2.75) is 0 Å². The predicted octanol–water partition coefficient (Wildman–Crippen LogP) is 0.446. The Kier molecular flexibility index (Phi) is 4.86. The molecule has 0 saturated carbocycles. The largest absolute Gasteiger partial charge is 0.304 e. The number of carbonyl (C=O) groups excluding carboxylic acids is 1. The van der Waals surface area contributed by atoms with Crippen LogP contribution in [0.15, 0.2) is 21.9 Å². The quantitative estimate of drug-likeness (QED) is 0.636. The van der Waals surface area contributed by atoms with Crippen LogP contribution in [0.25, 0.3) is 0 Å². The summed E-state index contributed by atoms with van der Waals surface area (Å²) < 4.78 is 0. The first-order valence-electron chi connectivity index (χ1n) is 5.99. The summed E-state index contributed by atoms with van der Waals surface area (Å²) in [6, 6.07) is 1.96. The summed E-state index contributed by atoms with van der Waals surface area (Å²) in [5, 5.41) is 7.90. The van der Waals surface area contributed by atoms with E-state index in [9.17, 15) is 4.79 Å². The minimum atomic E-state index is -0.0500. The third kappa shape index (κ3) is 4.21. The second-order valence-corrected chi connectivity index (χ2v) is 5.21. The van der Waals surface area contributed by atoms with Crippen molar-refractivity contribution in [3.8, 4) is 0 Å². The normalized spacial score (nSPS) is 18.3. The first kappa shape index (κ1) is 13.2. The van der Waals surface area contributed by atoms with Gasteiger partial charge in [-0.3, -0.25) is 9.69 Å². The Hall–Kier alpha value is -1.24. The first-order valence-corrected chi connectivity index (χ1v) is 6.93. The van der Waals surface area contributed by atoms with Gasteiger partial charge in [0.05, 0.1) is 12.8 Å². The Bertz CT molecular complexity index is 396. The van der Waals surface area contributed by atoms with Gasteiger partial charge in [0.15, 0.2) is 0 Å². The molecule has 1 aliphatic heterocycles. The minimum Gasteiger partial charge on any atom is -0.304 e. The second-order valence-electron chi connectivity index (χ2n) is 4.43. The summed E-state index contributed by atoms with van der Waals surface area (Å²) in [4.78, 5) is 16.1. The molecule has 0 atom stereocenters. The zero-order valence-electron chi connectivity index (χ0n) is 10.5. The van der Waals surface area contributed by atoms with E-state index in [1.165, 1.54) is 0 Å². The van der Waals surface area contributed by atoms with Gasteiger partial charge in [0.25, 0.3) is 5.91 Å². The van der Waals surface area contributed by atoms with Gasteiger partial charge in [0, 0.05) is 31.7 Å². The summed E-state index contributed by atoms with van der Waals surface area (Å²) in [5.74, 6) is -0.0500. The molecule has 1 saturated heterocycles. The highest BCUT2D eigenvalue weighted by Crippen LogP contribution is 2.02. The molecule has 1 amide bonds. The van der Waals surface area contributed by atoms with E-state index in [4.69, 9.17) is 0 Å². The third-order valence-corrected chi connectivity index (χ3v) is 3.61. The molecule has 1 fully saturated rings. The van der Waals surface area contributed by atoms with Crippen molar-refractivity contribution < 1.29 is 4.79 Å². The molecule has 0 unspecified atom stereocenters. The fourth-order valence-corrected chi connectivity index (χ4v) is 2.38. The number of hydrazone groups is 1. The molecule has 0 aromatic carbocycles. The van der Waals surface area contributed by atoms with E-state index in [0.717, 1.165) is 31.7 Å². The minimum absolute atomic E-state index is 0.0500. The van der Waals surface area contributed by atoms with Crippen molar-refractivity contribution in [2.75, 3.05) is 39.8 Å².